The zero-order valence-corrected chi connectivity index (χ0v) is 11.5. The molecule has 108 valence electrons. The lowest BCUT2D eigenvalue weighted by Gasteiger charge is -2.35. The van der Waals surface area contributed by atoms with Gasteiger partial charge in [-0.05, 0) is 44.7 Å². The smallest absolute Gasteiger partial charge is 0.413 e. The van der Waals surface area contributed by atoms with Crippen LogP contribution < -0.4 is 10.6 Å². The van der Waals surface area contributed by atoms with Gasteiger partial charge >= 0.3 is 6.09 Å². The minimum absolute atomic E-state index is 0.276. The van der Waals surface area contributed by atoms with E-state index in [-0.39, 0.29) is 12.5 Å². The fourth-order valence-electron chi connectivity index (χ4n) is 3.08. The lowest BCUT2D eigenvalue weighted by Crippen LogP contribution is -2.47. The maximum atomic E-state index is 11.6. The van der Waals surface area contributed by atoms with Crippen LogP contribution in [-0.2, 0) is 9.53 Å². The van der Waals surface area contributed by atoms with E-state index in [4.69, 9.17) is 0 Å². The highest BCUT2D eigenvalue weighted by Crippen LogP contribution is 2.24. The van der Waals surface area contributed by atoms with E-state index >= 15 is 0 Å². The number of carbonyl (C=O) groups excluding carboxylic acids is 2. The van der Waals surface area contributed by atoms with E-state index in [9.17, 15) is 9.59 Å². The molecule has 2 N–H and O–H groups in total. The summed E-state index contributed by atoms with van der Waals surface area (Å²) in [5, 5.41) is 5.74. The molecule has 2 unspecified atom stereocenters. The Hall–Kier alpha value is -1.14. The second kappa shape index (κ2) is 6.86. The first-order valence-corrected chi connectivity index (χ1v) is 7.02. The molecule has 2 aliphatic rings. The Bertz CT molecular complexity index is 329. The van der Waals surface area contributed by atoms with Gasteiger partial charge in [0.2, 0.25) is 5.91 Å². The molecule has 0 spiro atoms. The second-order valence-corrected chi connectivity index (χ2v) is 5.38. The SMILES string of the molecule is COC(=O)NC(=O)CN1CCCC(C2CCCN2)C1. The van der Waals surface area contributed by atoms with E-state index in [2.05, 4.69) is 20.3 Å². The minimum atomic E-state index is -0.684. The zero-order chi connectivity index (χ0) is 13.7. The van der Waals surface area contributed by atoms with Crippen LogP contribution in [-0.4, -0.2) is 56.2 Å². The van der Waals surface area contributed by atoms with Crippen molar-refractivity contribution < 1.29 is 14.3 Å². The molecule has 0 aromatic rings. The Balaban J connectivity index is 1.77. The summed E-state index contributed by atoms with van der Waals surface area (Å²) >= 11 is 0. The average Bonchev–Trinajstić information content (AvgIpc) is 2.92. The van der Waals surface area contributed by atoms with Crippen LogP contribution in [0.15, 0.2) is 0 Å². The molecule has 0 bridgehead atoms. The largest absolute Gasteiger partial charge is 0.453 e. The number of ether oxygens (including phenoxy) is 1. The Morgan fingerprint density at radius 3 is 2.89 bits per heavy atom. The number of piperidine rings is 1. The van der Waals surface area contributed by atoms with E-state index < -0.39 is 6.09 Å². The Labute approximate surface area is 113 Å². The number of likely N-dealkylation sites (tertiary alicyclic amines) is 1. The van der Waals surface area contributed by atoms with Crippen molar-refractivity contribution in [2.24, 2.45) is 5.92 Å². The van der Waals surface area contributed by atoms with Gasteiger partial charge in [0.25, 0.3) is 0 Å². The van der Waals surface area contributed by atoms with Crippen molar-refractivity contribution in [2.75, 3.05) is 33.3 Å². The van der Waals surface area contributed by atoms with E-state index in [1.54, 1.807) is 0 Å². The summed E-state index contributed by atoms with van der Waals surface area (Å²) in [6.45, 7) is 3.26. The summed E-state index contributed by atoms with van der Waals surface area (Å²) in [6.07, 6.45) is 4.16. The van der Waals surface area contributed by atoms with Crippen molar-refractivity contribution in [2.45, 2.75) is 31.7 Å². The van der Waals surface area contributed by atoms with Crippen molar-refractivity contribution in [3.8, 4) is 0 Å². The van der Waals surface area contributed by atoms with Gasteiger partial charge in [0.05, 0.1) is 13.7 Å². The van der Waals surface area contributed by atoms with Gasteiger partial charge in [-0.1, -0.05) is 0 Å². The highest BCUT2D eigenvalue weighted by atomic mass is 16.5. The number of alkyl carbamates (subject to hydrolysis) is 1. The normalized spacial score (nSPS) is 28.1. The summed E-state index contributed by atoms with van der Waals surface area (Å²) in [5.41, 5.74) is 0. The summed E-state index contributed by atoms with van der Waals surface area (Å²) in [4.78, 5) is 24.7. The number of hydrogen-bond acceptors (Lipinski definition) is 5. The van der Waals surface area contributed by atoms with Gasteiger partial charge in [0.15, 0.2) is 0 Å². The molecular weight excluding hydrogens is 246 g/mol. The van der Waals surface area contributed by atoms with Crippen molar-refractivity contribution in [3.63, 3.8) is 0 Å². The molecule has 2 fully saturated rings. The maximum absolute atomic E-state index is 11.6. The van der Waals surface area contributed by atoms with Crippen LogP contribution in [0.25, 0.3) is 0 Å². The lowest BCUT2D eigenvalue weighted by atomic mass is 9.90. The molecule has 6 heteroatoms. The van der Waals surface area contributed by atoms with E-state index in [1.807, 2.05) is 0 Å². The average molecular weight is 269 g/mol. The van der Waals surface area contributed by atoms with Crippen molar-refractivity contribution in [1.82, 2.24) is 15.5 Å². The van der Waals surface area contributed by atoms with Gasteiger partial charge in [-0.15, -0.1) is 0 Å². The van der Waals surface area contributed by atoms with Gasteiger partial charge in [0, 0.05) is 12.6 Å². The molecule has 2 aliphatic heterocycles. The quantitative estimate of drug-likeness (QED) is 0.773. The Morgan fingerprint density at radius 2 is 2.21 bits per heavy atom. The first-order valence-electron chi connectivity index (χ1n) is 7.02. The van der Waals surface area contributed by atoms with Crippen molar-refractivity contribution >= 4 is 12.0 Å². The molecule has 2 amide bonds. The van der Waals surface area contributed by atoms with Crippen LogP contribution in [0.3, 0.4) is 0 Å². The summed E-state index contributed by atoms with van der Waals surface area (Å²) in [6, 6.07) is 0.603. The van der Waals surface area contributed by atoms with Crippen LogP contribution in [0.5, 0.6) is 0 Å². The van der Waals surface area contributed by atoms with Gasteiger partial charge in [0.1, 0.15) is 0 Å². The molecule has 0 radical (unpaired) electrons. The number of nitrogens with zero attached hydrogens (tertiary/aromatic N) is 1. The summed E-state index contributed by atoms with van der Waals surface area (Å²) < 4.78 is 4.41. The maximum Gasteiger partial charge on any atom is 0.413 e. The number of nitrogens with one attached hydrogen (secondary N) is 2. The predicted molar refractivity (Wildman–Crippen MR) is 70.7 cm³/mol. The second-order valence-electron chi connectivity index (χ2n) is 5.38. The highest BCUT2D eigenvalue weighted by molar-refractivity contribution is 5.92. The van der Waals surface area contributed by atoms with Crippen molar-refractivity contribution in [1.29, 1.82) is 0 Å². The zero-order valence-electron chi connectivity index (χ0n) is 11.5. The fraction of sp³-hybridized carbons (Fsp3) is 0.846. The summed E-state index contributed by atoms with van der Waals surface area (Å²) in [7, 11) is 1.26. The number of amides is 2. The van der Waals surface area contributed by atoms with Gasteiger partial charge in [-0.25, -0.2) is 4.79 Å². The first-order chi connectivity index (χ1) is 9.19. The molecule has 2 saturated heterocycles. The monoisotopic (exact) mass is 269 g/mol. The van der Waals surface area contributed by atoms with Gasteiger partial charge in [-0.2, -0.15) is 0 Å². The van der Waals surface area contributed by atoms with Crippen molar-refractivity contribution in [3.05, 3.63) is 0 Å². The van der Waals surface area contributed by atoms with Crippen LogP contribution in [0.4, 0.5) is 4.79 Å². The number of methoxy groups -OCH3 is 1. The number of hydrogen-bond donors (Lipinski definition) is 2. The fourth-order valence-corrected chi connectivity index (χ4v) is 3.08. The van der Waals surface area contributed by atoms with Crippen LogP contribution >= 0.6 is 0 Å². The number of carbonyl (C=O) groups is 2. The third-order valence-corrected chi connectivity index (χ3v) is 4.00. The molecular formula is C13H23N3O3. The molecule has 6 nitrogen and oxygen atoms in total. The Kier molecular flexibility index (Phi) is 5.15. The highest BCUT2D eigenvalue weighted by Gasteiger charge is 2.29. The third kappa shape index (κ3) is 4.18. The summed E-state index contributed by atoms with van der Waals surface area (Å²) in [5.74, 6) is 0.342. The van der Waals surface area contributed by atoms with Gasteiger partial charge in [-0.3, -0.25) is 15.0 Å². The molecule has 0 aromatic carbocycles. The number of imide groups is 1. The third-order valence-electron chi connectivity index (χ3n) is 4.00. The standard InChI is InChI=1S/C13H23N3O3/c1-19-13(18)15-12(17)9-16-7-3-4-10(8-16)11-5-2-6-14-11/h10-11,14H,2-9H2,1H3,(H,15,17,18). The predicted octanol–water partition coefficient (Wildman–Crippen LogP) is 0.333. The van der Waals surface area contributed by atoms with Crippen LogP contribution in [0.1, 0.15) is 25.7 Å². The molecule has 0 aliphatic carbocycles. The van der Waals surface area contributed by atoms with E-state index in [1.165, 1.54) is 26.4 Å². The minimum Gasteiger partial charge on any atom is -0.453 e. The first kappa shape index (κ1) is 14.3. The molecule has 19 heavy (non-hydrogen) atoms. The molecule has 2 rings (SSSR count). The molecule has 2 atom stereocenters. The molecule has 2 heterocycles. The topological polar surface area (TPSA) is 70.7 Å². The molecule has 0 saturated carbocycles. The molecule has 0 aromatic heterocycles. The number of rotatable bonds is 3. The van der Waals surface area contributed by atoms with Gasteiger partial charge < -0.3 is 10.1 Å². The van der Waals surface area contributed by atoms with E-state index in [0.717, 1.165) is 26.1 Å². The van der Waals surface area contributed by atoms with E-state index in [0.29, 0.717) is 12.0 Å². The Morgan fingerprint density at radius 1 is 1.37 bits per heavy atom. The van der Waals surface area contributed by atoms with Crippen LogP contribution in [0, 0.1) is 5.92 Å². The van der Waals surface area contributed by atoms with Crippen LogP contribution in [0.2, 0.25) is 0 Å². The lowest BCUT2D eigenvalue weighted by molar-refractivity contribution is -0.122.